The van der Waals surface area contributed by atoms with Gasteiger partial charge >= 0.3 is 0 Å². The van der Waals surface area contributed by atoms with Crippen LogP contribution in [0.3, 0.4) is 0 Å². The molecule has 26 heavy (non-hydrogen) atoms. The summed E-state index contributed by atoms with van der Waals surface area (Å²) in [6.45, 7) is 2.97. The number of ether oxygens (including phenoxy) is 2. The number of anilines is 2. The van der Waals surface area contributed by atoms with Crippen LogP contribution < -0.4 is 19.7 Å². The minimum absolute atomic E-state index is 0.0195. The maximum atomic E-state index is 12.6. The van der Waals surface area contributed by atoms with E-state index in [4.69, 9.17) is 9.47 Å². The average Bonchev–Trinajstić information content (AvgIpc) is 3.01. The molecular weight excluding hydrogens is 328 g/mol. The third-order valence-corrected chi connectivity index (χ3v) is 4.91. The highest BCUT2D eigenvalue weighted by molar-refractivity contribution is 5.93. The number of amides is 1. The molecule has 0 spiro atoms. The van der Waals surface area contributed by atoms with Crippen molar-refractivity contribution < 1.29 is 14.3 Å². The summed E-state index contributed by atoms with van der Waals surface area (Å²) in [5, 5.41) is 3.04. The third kappa shape index (κ3) is 3.77. The second kappa shape index (κ2) is 7.68. The zero-order chi connectivity index (χ0) is 18.7. The second-order valence-corrected chi connectivity index (χ2v) is 6.80. The van der Waals surface area contributed by atoms with Crippen LogP contribution in [0.15, 0.2) is 36.4 Å². The van der Waals surface area contributed by atoms with E-state index in [0.29, 0.717) is 17.9 Å². The topological polar surface area (TPSA) is 50.8 Å². The van der Waals surface area contributed by atoms with E-state index >= 15 is 0 Å². The van der Waals surface area contributed by atoms with Crippen molar-refractivity contribution in [2.24, 2.45) is 5.92 Å². The molecule has 2 aromatic rings. The number of carbonyl (C=O) groups is 1. The molecule has 1 unspecified atom stereocenters. The molecule has 0 bridgehead atoms. The lowest BCUT2D eigenvalue weighted by atomic mass is 9.99. The van der Waals surface area contributed by atoms with E-state index in [1.807, 2.05) is 31.2 Å². The van der Waals surface area contributed by atoms with Gasteiger partial charge in [0.15, 0.2) is 11.5 Å². The number of carbonyl (C=O) groups excluding carboxylic acids is 1. The van der Waals surface area contributed by atoms with Crippen LogP contribution in [0, 0.1) is 5.92 Å². The first-order valence-corrected chi connectivity index (χ1v) is 8.87. The summed E-state index contributed by atoms with van der Waals surface area (Å²) < 4.78 is 10.6. The van der Waals surface area contributed by atoms with Gasteiger partial charge < -0.3 is 19.7 Å². The van der Waals surface area contributed by atoms with Gasteiger partial charge in [0, 0.05) is 30.9 Å². The van der Waals surface area contributed by atoms with Gasteiger partial charge in [-0.05, 0) is 54.3 Å². The molecule has 1 atom stereocenters. The fraction of sp³-hybridized carbons (Fsp3) is 0.381. The molecule has 1 aliphatic rings. The summed E-state index contributed by atoms with van der Waals surface area (Å²) in [5.74, 6) is 1.24. The number of nitrogens with zero attached hydrogens (tertiary/aromatic N) is 1. The number of rotatable bonds is 6. The molecule has 3 rings (SSSR count). The van der Waals surface area contributed by atoms with Crippen molar-refractivity contribution in [3.63, 3.8) is 0 Å². The Balaban J connectivity index is 1.65. The van der Waals surface area contributed by atoms with Crippen molar-refractivity contribution in [2.75, 3.05) is 38.0 Å². The summed E-state index contributed by atoms with van der Waals surface area (Å²) in [7, 11) is 5.32. The van der Waals surface area contributed by atoms with E-state index in [1.165, 1.54) is 11.3 Å². The maximum absolute atomic E-state index is 12.6. The fourth-order valence-electron chi connectivity index (χ4n) is 3.36. The normalized spacial score (nSPS) is 13.9. The lowest BCUT2D eigenvalue weighted by Crippen LogP contribution is -2.22. The van der Waals surface area contributed by atoms with Gasteiger partial charge in [-0.25, -0.2) is 0 Å². The molecule has 5 nitrogen and oxygen atoms in total. The minimum Gasteiger partial charge on any atom is -0.493 e. The van der Waals surface area contributed by atoms with E-state index in [9.17, 15) is 4.79 Å². The highest BCUT2D eigenvalue weighted by Crippen LogP contribution is 2.30. The van der Waals surface area contributed by atoms with Gasteiger partial charge in [-0.15, -0.1) is 0 Å². The molecule has 0 saturated carbocycles. The molecule has 0 fully saturated rings. The SMILES string of the molecule is COc1ccc(CC(C)C(=O)Nc2ccc3c(c2)CCN3C)cc1OC. The average molecular weight is 354 g/mol. The number of methoxy groups -OCH3 is 2. The van der Waals surface area contributed by atoms with Crippen molar-refractivity contribution in [3.8, 4) is 11.5 Å². The Labute approximate surface area is 154 Å². The molecular formula is C21H26N2O3. The monoisotopic (exact) mass is 354 g/mol. The minimum atomic E-state index is -0.149. The maximum Gasteiger partial charge on any atom is 0.227 e. The quantitative estimate of drug-likeness (QED) is 0.862. The second-order valence-electron chi connectivity index (χ2n) is 6.80. The largest absolute Gasteiger partial charge is 0.493 e. The predicted molar refractivity (Wildman–Crippen MR) is 104 cm³/mol. The number of fused-ring (bicyclic) bond motifs is 1. The van der Waals surface area contributed by atoms with Crippen molar-refractivity contribution in [3.05, 3.63) is 47.5 Å². The zero-order valence-electron chi connectivity index (χ0n) is 15.8. The Morgan fingerprint density at radius 3 is 2.65 bits per heavy atom. The van der Waals surface area contributed by atoms with Crippen LogP contribution in [-0.4, -0.2) is 33.7 Å². The van der Waals surface area contributed by atoms with Crippen molar-refractivity contribution in [1.82, 2.24) is 0 Å². The lowest BCUT2D eigenvalue weighted by Gasteiger charge is -2.15. The zero-order valence-corrected chi connectivity index (χ0v) is 15.8. The number of nitrogens with one attached hydrogen (secondary N) is 1. The van der Waals surface area contributed by atoms with E-state index < -0.39 is 0 Å². The Hall–Kier alpha value is -2.69. The standard InChI is InChI=1S/C21H26N2O3/c1-14(11-15-5-8-19(25-3)20(12-15)26-4)21(24)22-17-6-7-18-16(13-17)9-10-23(18)2/h5-8,12-14H,9-11H2,1-4H3,(H,22,24). The van der Waals surface area contributed by atoms with Crippen LogP contribution in [-0.2, 0) is 17.6 Å². The van der Waals surface area contributed by atoms with Gasteiger partial charge in [-0.3, -0.25) is 4.79 Å². The summed E-state index contributed by atoms with van der Waals surface area (Å²) in [5.41, 5.74) is 4.45. The van der Waals surface area contributed by atoms with Gasteiger partial charge in [-0.1, -0.05) is 13.0 Å². The van der Waals surface area contributed by atoms with E-state index in [1.54, 1.807) is 14.2 Å². The first kappa shape index (κ1) is 18.1. The van der Waals surface area contributed by atoms with Crippen molar-refractivity contribution >= 4 is 17.3 Å². The van der Waals surface area contributed by atoms with E-state index in [-0.39, 0.29) is 11.8 Å². The van der Waals surface area contributed by atoms with Crippen molar-refractivity contribution in [1.29, 1.82) is 0 Å². The summed E-state index contributed by atoms with van der Waals surface area (Å²) in [6, 6.07) is 11.9. The first-order valence-electron chi connectivity index (χ1n) is 8.87. The first-order chi connectivity index (χ1) is 12.5. The molecule has 1 N–H and O–H groups in total. The van der Waals surface area contributed by atoms with Crippen LogP contribution in [0.5, 0.6) is 11.5 Å². The molecule has 2 aromatic carbocycles. The Kier molecular flexibility index (Phi) is 5.35. The predicted octanol–water partition coefficient (Wildman–Crippen LogP) is 3.51. The highest BCUT2D eigenvalue weighted by Gasteiger charge is 2.18. The van der Waals surface area contributed by atoms with Crippen LogP contribution in [0.2, 0.25) is 0 Å². The summed E-state index contributed by atoms with van der Waals surface area (Å²) in [6.07, 6.45) is 1.66. The Morgan fingerprint density at radius 2 is 1.92 bits per heavy atom. The smallest absolute Gasteiger partial charge is 0.227 e. The molecule has 1 heterocycles. The van der Waals surface area contributed by atoms with Gasteiger partial charge in [0.25, 0.3) is 0 Å². The van der Waals surface area contributed by atoms with Gasteiger partial charge in [0.1, 0.15) is 0 Å². The fourth-order valence-corrected chi connectivity index (χ4v) is 3.36. The van der Waals surface area contributed by atoms with Crippen LogP contribution in [0.1, 0.15) is 18.1 Å². The van der Waals surface area contributed by atoms with Gasteiger partial charge in [0.2, 0.25) is 5.91 Å². The van der Waals surface area contributed by atoms with Gasteiger partial charge in [0.05, 0.1) is 14.2 Å². The van der Waals surface area contributed by atoms with E-state index in [0.717, 1.165) is 24.2 Å². The summed E-state index contributed by atoms with van der Waals surface area (Å²) >= 11 is 0. The number of hydrogen-bond donors (Lipinski definition) is 1. The third-order valence-electron chi connectivity index (χ3n) is 4.91. The molecule has 0 radical (unpaired) electrons. The Morgan fingerprint density at radius 1 is 1.15 bits per heavy atom. The van der Waals surface area contributed by atoms with Crippen LogP contribution in [0.4, 0.5) is 11.4 Å². The van der Waals surface area contributed by atoms with Gasteiger partial charge in [-0.2, -0.15) is 0 Å². The molecule has 1 amide bonds. The molecule has 138 valence electrons. The van der Waals surface area contributed by atoms with E-state index in [2.05, 4.69) is 29.4 Å². The number of benzene rings is 2. The molecule has 0 aliphatic carbocycles. The Bertz CT molecular complexity index is 804. The lowest BCUT2D eigenvalue weighted by molar-refractivity contribution is -0.119. The van der Waals surface area contributed by atoms with Crippen molar-refractivity contribution in [2.45, 2.75) is 19.8 Å². The molecule has 0 aromatic heterocycles. The number of likely N-dealkylation sites (N-methyl/N-ethyl adjacent to an activating group) is 1. The molecule has 0 saturated heterocycles. The molecule has 1 aliphatic heterocycles. The molecule has 5 heteroatoms. The van der Waals surface area contributed by atoms with Crippen LogP contribution in [0.25, 0.3) is 0 Å². The summed E-state index contributed by atoms with van der Waals surface area (Å²) in [4.78, 5) is 14.8. The highest BCUT2D eigenvalue weighted by atomic mass is 16.5. The number of hydrogen-bond acceptors (Lipinski definition) is 4. The van der Waals surface area contributed by atoms with Crippen LogP contribution >= 0.6 is 0 Å².